The highest BCUT2D eigenvalue weighted by Crippen LogP contribution is 2.26. The van der Waals surface area contributed by atoms with Gasteiger partial charge in [0.15, 0.2) is 0 Å². The van der Waals surface area contributed by atoms with Crippen LogP contribution in [0.25, 0.3) is 0 Å². The average Bonchev–Trinajstić information content (AvgIpc) is 2.53. The lowest BCUT2D eigenvalue weighted by molar-refractivity contribution is -0.142. The summed E-state index contributed by atoms with van der Waals surface area (Å²) in [5.74, 6) is -0.239. The Balaban J connectivity index is 2.51. The molecule has 1 saturated heterocycles. The van der Waals surface area contributed by atoms with Crippen molar-refractivity contribution in [3.05, 3.63) is 0 Å². The van der Waals surface area contributed by atoms with Crippen molar-refractivity contribution < 1.29 is 9.90 Å². The minimum atomic E-state index is -0.699. The van der Waals surface area contributed by atoms with E-state index in [-0.39, 0.29) is 11.8 Å². The molecule has 2 unspecified atom stereocenters. The highest BCUT2D eigenvalue weighted by molar-refractivity contribution is 7.80. The Morgan fingerprint density at radius 1 is 1.64 bits per heavy atom. The molecule has 2 atom stereocenters. The van der Waals surface area contributed by atoms with E-state index in [4.69, 9.17) is 5.11 Å². The predicted molar refractivity (Wildman–Crippen MR) is 59.8 cm³/mol. The van der Waals surface area contributed by atoms with E-state index >= 15 is 0 Å². The van der Waals surface area contributed by atoms with E-state index in [1.54, 1.807) is 0 Å². The number of hydrogen-bond acceptors (Lipinski definition) is 3. The fourth-order valence-electron chi connectivity index (χ4n) is 2.04. The molecule has 3 nitrogen and oxygen atoms in total. The van der Waals surface area contributed by atoms with Crippen molar-refractivity contribution in [1.29, 1.82) is 0 Å². The second-order valence-corrected chi connectivity index (χ2v) is 4.63. The van der Waals surface area contributed by atoms with Gasteiger partial charge in [-0.25, -0.2) is 0 Å². The van der Waals surface area contributed by atoms with Crippen LogP contribution in [-0.4, -0.2) is 40.9 Å². The van der Waals surface area contributed by atoms with E-state index in [9.17, 15) is 4.79 Å². The van der Waals surface area contributed by atoms with Gasteiger partial charge in [-0.15, -0.1) is 0 Å². The van der Waals surface area contributed by atoms with Gasteiger partial charge in [0.2, 0.25) is 0 Å². The summed E-state index contributed by atoms with van der Waals surface area (Å²) in [6, 6.07) is 0.523. The molecule has 1 N–H and O–H groups in total. The Labute approximate surface area is 90.9 Å². The van der Waals surface area contributed by atoms with Crippen LogP contribution in [-0.2, 0) is 4.79 Å². The van der Waals surface area contributed by atoms with E-state index in [1.807, 2.05) is 0 Å². The largest absolute Gasteiger partial charge is 0.481 e. The van der Waals surface area contributed by atoms with E-state index in [1.165, 1.54) is 0 Å². The lowest BCUT2D eigenvalue weighted by Crippen LogP contribution is -2.31. The summed E-state index contributed by atoms with van der Waals surface area (Å²) in [5.41, 5.74) is 0. The van der Waals surface area contributed by atoms with Crippen LogP contribution in [0.2, 0.25) is 0 Å². The molecular formula is C10H19NO2S. The first-order valence-corrected chi connectivity index (χ1v) is 5.77. The summed E-state index contributed by atoms with van der Waals surface area (Å²) in [7, 11) is 0. The van der Waals surface area contributed by atoms with Gasteiger partial charge in [0.1, 0.15) is 0 Å². The van der Waals surface area contributed by atoms with Crippen molar-refractivity contribution in [1.82, 2.24) is 4.90 Å². The number of thiol groups is 1. The van der Waals surface area contributed by atoms with Gasteiger partial charge in [0.25, 0.3) is 0 Å². The maximum atomic E-state index is 10.9. The van der Waals surface area contributed by atoms with Crippen LogP contribution in [0.4, 0.5) is 0 Å². The highest BCUT2D eigenvalue weighted by Gasteiger charge is 2.33. The molecule has 82 valence electrons. The maximum absolute atomic E-state index is 10.9. The molecule has 1 aliphatic heterocycles. The molecule has 0 spiro atoms. The molecule has 14 heavy (non-hydrogen) atoms. The Bertz CT molecular complexity index is 208. The third-order valence-electron chi connectivity index (χ3n) is 3.07. The summed E-state index contributed by atoms with van der Waals surface area (Å²) in [6.07, 6.45) is 0.996. The quantitative estimate of drug-likeness (QED) is 0.698. The van der Waals surface area contributed by atoms with Crippen molar-refractivity contribution in [2.45, 2.75) is 26.3 Å². The minimum absolute atomic E-state index is 0.276. The molecule has 0 aromatic heterocycles. The van der Waals surface area contributed by atoms with Gasteiger partial charge in [-0.3, -0.25) is 4.79 Å². The summed E-state index contributed by atoms with van der Waals surface area (Å²) in [5, 5.41) is 8.99. The maximum Gasteiger partial charge on any atom is 0.307 e. The lowest BCUT2D eigenvalue weighted by Gasteiger charge is -2.22. The monoisotopic (exact) mass is 217 g/mol. The molecule has 0 saturated carbocycles. The normalized spacial score (nSPS) is 25.6. The van der Waals surface area contributed by atoms with Crippen LogP contribution in [0.1, 0.15) is 20.3 Å². The number of rotatable bonds is 4. The van der Waals surface area contributed by atoms with Crippen LogP contribution in [0.5, 0.6) is 0 Å². The van der Waals surface area contributed by atoms with Crippen molar-refractivity contribution in [2.24, 2.45) is 11.8 Å². The average molecular weight is 217 g/mol. The SMILES string of the molecule is CC(C)N1CCC(C(CS)C(=O)O)C1. The van der Waals surface area contributed by atoms with E-state index < -0.39 is 5.97 Å². The zero-order chi connectivity index (χ0) is 10.7. The van der Waals surface area contributed by atoms with Gasteiger partial charge in [0, 0.05) is 18.3 Å². The lowest BCUT2D eigenvalue weighted by atomic mass is 9.93. The van der Waals surface area contributed by atoms with E-state index in [2.05, 4.69) is 31.4 Å². The van der Waals surface area contributed by atoms with Crippen molar-refractivity contribution in [3.63, 3.8) is 0 Å². The number of hydrogen-bond donors (Lipinski definition) is 2. The first-order chi connectivity index (χ1) is 6.56. The highest BCUT2D eigenvalue weighted by atomic mass is 32.1. The van der Waals surface area contributed by atoms with E-state index in [0.717, 1.165) is 19.5 Å². The number of aliphatic carboxylic acids is 1. The van der Waals surface area contributed by atoms with Crippen LogP contribution in [0.3, 0.4) is 0 Å². The standard InChI is InChI=1S/C10H19NO2S/c1-7(2)11-4-3-8(5-11)9(6-14)10(12)13/h7-9,14H,3-6H2,1-2H3,(H,12,13). The molecule has 0 aromatic carbocycles. The molecule has 1 rings (SSSR count). The molecule has 0 radical (unpaired) electrons. The van der Waals surface area contributed by atoms with Crippen LogP contribution >= 0.6 is 12.6 Å². The van der Waals surface area contributed by atoms with Gasteiger partial charge >= 0.3 is 5.97 Å². The second kappa shape index (κ2) is 5.03. The third kappa shape index (κ3) is 2.64. The molecule has 1 heterocycles. The number of likely N-dealkylation sites (tertiary alicyclic amines) is 1. The van der Waals surface area contributed by atoms with Gasteiger partial charge in [-0.2, -0.15) is 12.6 Å². The molecule has 4 heteroatoms. The smallest absolute Gasteiger partial charge is 0.307 e. The zero-order valence-corrected chi connectivity index (χ0v) is 9.70. The summed E-state index contributed by atoms with van der Waals surface area (Å²) < 4.78 is 0. The molecule has 1 fully saturated rings. The molecule has 0 amide bonds. The van der Waals surface area contributed by atoms with Crippen molar-refractivity contribution in [2.75, 3.05) is 18.8 Å². The summed E-state index contributed by atoms with van der Waals surface area (Å²) >= 11 is 4.11. The molecule has 0 aliphatic carbocycles. The Hall–Kier alpha value is -0.220. The second-order valence-electron chi connectivity index (χ2n) is 4.26. The van der Waals surface area contributed by atoms with Crippen LogP contribution < -0.4 is 0 Å². The third-order valence-corrected chi connectivity index (χ3v) is 3.46. The van der Waals surface area contributed by atoms with Crippen LogP contribution in [0.15, 0.2) is 0 Å². The predicted octanol–water partition coefficient (Wildman–Crippen LogP) is 1.35. The Morgan fingerprint density at radius 3 is 2.64 bits per heavy atom. The summed E-state index contributed by atoms with van der Waals surface area (Å²) in [6.45, 7) is 6.24. The number of carbonyl (C=O) groups is 1. The van der Waals surface area contributed by atoms with Gasteiger partial charge in [-0.05, 0) is 32.7 Å². The molecule has 1 aliphatic rings. The zero-order valence-electron chi connectivity index (χ0n) is 8.81. The van der Waals surface area contributed by atoms with Gasteiger partial charge in [0.05, 0.1) is 5.92 Å². The fourth-order valence-corrected chi connectivity index (χ4v) is 2.50. The van der Waals surface area contributed by atoms with Crippen molar-refractivity contribution >= 4 is 18.6 Å². The topological polar surface area (TPSA) is 40.5 Å². The first kappa shape index (κ1) is 11.9. The molecule has 0 aromatic rings. The fraction of sp³-hybridized carbons (Fsp3) is 0.900. The Morgan fingerprint density at radius 2 is 2.29 bits per heavy atom. The van der Waals surface area contributed by atoms with Crippen molar-refractivity contribution in [3.8, 4) is 0 Å². The van der Waals surface area contributed by atoms with Crippen LogP contribution in [0, 0.1) is 11.8 Å². The van der Waals surface area contributed by atoms with Gasteiger partial charge in [-0.1, -0.05) is 0 Å². The Kier molecular flexibility index (Phi) is 4.26. The molecular weight excluding hydrogens is 198 g/mol. The summed E-state index contributed by atoms with van der Waals surface area (Å²) in [4.78, 5) is 13.3. The van der Waals surface area contributed by atoms with Gasteiger partial charge < -0.3 is 10.0 Å². The minimum Gasteiger partial charge on any atom is -0.481 e. The number of nitrogens with zero attached hydrogens (tertiary/aromatic N) is 1. The van der Waals surface area contributed by atoms with E-state index in [0.29, 0.717) is 11.8 Å². The first-order valence-electron chi connectivity index (χ1n) is 5.14. The number of carboxylic acid groups (broad SMARTS) is 1. The number of carboxylic acids is 1. The molecule has 0 bridgehead atoms.